The molecule has 1 rings (SSSR count). The number of methoxy groups -OCH3 is 1. The number of rotatable bonds is 2. The summed E-state index contributed by atoms with van der Waals surface area (Å²) < 4.78 is 5.14. The van der Waals surface area contributed by atoms with Crippen molar-refractivity contribution in [3.05, 3.63) is 28.3 Å². The van der Waals surface area contributed by atoms with Crippen molar-refractivity contribution >= 4 is 11.6 Å². The monoisotopic (exact) mass is 184 g/mol. The highest BCUT2D eigenvalue weighted by atomic mass is 35.5. The van der Waals surface area contributed by atoms with Crippen LogP contribution in [0.15, 0.2) is 12.1 Å². The highest BCUT2D eigenvalue weighted by Gasteiger charge is 2.05. The lowest BCUT2D eigenvalue weighted by atomic mass is 10.1. The number of halogens is 1. The lowest BCUT2D eigenvalue weighted by Gasteiger charge is -2.08. The maximum Gasteiger partial charge on any atom is 0.137 e. The van der Waals surface area contributed by atoms with Crippen molar-refractivity contribution in [1.82, 2.24) is 0 Å². The first-order valence-electron chi connectivity index (χ1n) is 4.02. The Morgan fingerprint density at radius 1 is 1.42 bits per heavy atom. The van der Waals surface area contributed by atoms with E-state index in [1.807, 2.05) is 13.0 Å². The molecule has 1 nitrogen and oxygen atoms in total. The molecule has 0 aromatic heterocycles. The van der Waals surface area contributed by atoms with E-state index in [1.54, 1.807) is 7.11 Å². The molecule has 0 saturated carbocycles. The molecule has 1 aromatic carbocycles. The Morgan fingerprint density at radius 2 is 2.08 bits per heavy atom. The number of hydrogen-bond donors (Lipinski definition) is 0. The summed E-state index contributed by atoms with van der Waals surface area (Å²) in [5.41, 5.74) is 2.33. The van der Waals surface area contributed by atoms with Crippen LogP contribution in [0.25, 0.3) is 0 Å². The molecule has 0 radical (unpaired) electrons. The first-order chi connectivity index (χ1) is 5.69. The third-order valence-electron chi connectivity index (χ3n) is 1.86. The zero-order chi connectivity index (χ0) is 9.14. The van der Waals surface area contributed by atoms with Crippen LogP contribution in [0.2, 0.25) is 5.02 Å². The van der Waals surface area contributed by atoms with E-state index in [2.05, 4.69) is 13.0 Å². The van der Waals surface area contributed by atoms with Gasteiger partial charge >= 0.3 is 0 Å². The van der Waals surface area contributed by atoms with Gasteiger partial charge in [0, 0.05) is 0 Å². The van der Waals surface area contributed by atoms with Gasteiger partial charge in [0.2, 0.25) is 0 Å². The Labute approximate surface area is 78.3 Å². The Balaban J connectivity index is 3.22. The summed E-state index contributed by atoms with van der Waals surface area (Å²) in [6, 6.07) is 4.03. The third-order valence-corrected chi connectivity index (χ3v) is 2.29. The van der Waals surface area contributed by atoms with Gasteiger partial charge in [-0.2, -0.15) is 0 Å². The van der Waals surface area contributed by atoms with Crippen LogP contribution in [0.5, 0.6) is 5.75 Å². The van der Waals surface area contributed by atoms with Crippen LogP contribution >= 0.6 is 11.6 Å². The average molecular weight is 185 g/mol. The topological polar surface area (TPSA) is 9.23 Å². The minimum Gasteiger partial charge on any atom is -0.495 e. The first-order valence-corrected chi connectivity index (χ1v) is 4.39. The third kappa shape index (κ3) is 1.72. The van der Waals surface area contributed by atoms with Gasteiger partial charge in [-0.15, -0.1) is 0 Å². The Morgan fingerprint density at radius 3 is 2.58 bits per heavy atom. The SMILES string of the molecule is CCc1cc(C)cc(OC)c1Cl. The summed E-state index contributed by atoms with van der Waals surface area (Å²) in [5, 5.41) is 0.741. The summed E-state index contributed by atoms with van der Waals surface area (Å²) in [6.07, 6.45) is 0.941. The fourth-order valence-electron chi connectivity index (χ4n) is 1.21. The van der Waals surface area contributed by atoms with E-state index < -0.39 is 0 Å². The van der Waals surface area contributed by atoms with Gasteiger partial charge < -0.3 is 4.74 Å². The van der Waals surface area contributed by atoms with E-state index in [9.17, 15) is 0 Å². The Kier molecular flexibility index (Phi) is 2.99. The van der Waals surface area contributed by atoms with Crippen molar-refractivity contribution in [2.24, 2.45) is 0 Å². The second-order valence-electron chi connectivity index (χ2n) is 2.79. The molecule has 0 aliphatic rings. The van der Waals surface area contributed by atoms with Gasteiger partial charge in [0.1, 0.15) is 5.75 Å². The number of ether oxygens (including phenoxy) is 1. The van der Waals surface area contributed by atoms with Crippen molar-refractivity contribution in [3.63, 3.8) is 0 Å². The van der Waals surface area contributed by atoms with Gasteiger partial charge in [-0.25, -0.2) is 0 Å². The average Bonchev–Trinajstić information content (AvgIpc) is 2.08. The van der Waals surface area contributed by atoms with E-state index >= 15 is 0 Å². The van der Waals surface area contributed by atoms with Gasteiger partial charge in [-0.1, -0.05) is 24.6 Å². The highest BCUT2D eigenvalue weighted by molar-refractivity contribution is 6.32. The van der Waals surface area contributed by atoms with Crippen LogP contribution in [0.1, 0.15) is 18.1 Å². The normalized spacial score (nSPS) is 10.0. The second kappa shape index (κ2) is 3.81. The van der Waals surface area contributed by atoms with Crippen molar-refractivity contribution in [2.75, 3.05) is 7.11 Å². The fraction of sp³-hybridized carbons (Fsp3) is 0.400. The van der Waals surface area contributed by atoms with Gasteiger partial charge in [-0.05, 0) is 30.5 Å². The highest BCUT2D eigenvalue weighted by Crippen LogP contribution is 2.29. The molecule has 0 bridgehead atoms. The summed E-state index contributed by atoms with van der Waals surface area (Å²) in [7, 11) is 1.64. The molecule has 12 heavy (non-hydrogen) atoms. The maximum absolute atomic E-state index is 6.06. The first kappa shape index (κ1) is 9.40. The second-order valence-corrected chi connectivity index (χ2v) is 3.17. The molecule has 0 unspecified atom stereocenters. The van der Waals surface area contributed by atoms with Crippen LogP contribution in [0.3, 0.4) is 0 Å². The summed E-state index contributed by atoms with van der Waals surface area (Å²) >= 11 is 6.06. The van der Waals surface area contributed by atoms with Gasteiger partial charge in [0.25, 0.3) is 0 Å². The van der Waals surface area contributed by atoms with E-state index in [4.69, 9.17) is 16.3 Å². The van der Waals surface area contributed by atoms with E-state index in [0.29, 0.717) is 0 Å². The molecule has 1 aromatic rings. The smallest absolute Gasteiger partial charge is 0.137 e. The van der Waals surface area contributed by atoms with Crippen LogP contribution in [0, 0.1) is 6.92 Å². The largest absolute Gasteiger partial charge is 0.495 e. The molecule has 0 spiro atoms. The minimum absolute atomic E-state index is 0.741. The quantitative estimate of drug-likeness (QED) is 0.686. The number of benzene rings is 1. The molecule has 0 fully saturated rings. The summed E-state index contributed by atoms with van der Waals surface area (Å²) in [5.74, 6) is 0.772. The summed E-state index contributed by atoms with van der Waals surface area (Å²) in [6.45, 7) is 4.12. The van der Waals surface area contributed by atoms with Crippen molar-refractivity contribution in [2.45, 2.75) is 20.3 Å². The number of aryl methyl sites for hydroxylation is 2. The molecule has 2 heteroatoms. The molecule has 0 heterocycles. The molecule has 0 aliphatic carbocycles. The Bertz CT molecular complexity index is 256. The van der Waals surface area contributed by atoms with E-state index in [1.165, 1.54) is 5.56 Å². The van der Waals surface area contributed by atoms with Crippen molar-refractivity contribution in [3.8, 4) is 5.75 Å². The zero-order valence-electron chi connectivity index (χ0n) is 7.65. The summed E-state index contributed by atoms with van der Waals surface area (Å²) in [4.78, 5) is 0. The van der Waals surface area contributed by atoms with Gasteiger partial charge in [0.05, 0.1) is 12.1 Å². The van der Waals surface area contributed by atoms with Crippen LogP contribution in [0.4, 0.5) is 0 Å². The standard InChI is InChI=1S/C10H13ClO/c1-4-8-5-7(2)6-9(12-3)10(8)11/h5-6H,4H2,1-3H3. The minimum atomic E-state index is 0.741. The fourth-order valence-corrected chi connectivity index (χ4v) is 1.53. The molecule has 0 saturated heterocycles. The molecule has 0 aliphatic heterocycles. The maximum atomic E-state index is 6.06. The lowest BCUT2D eigenvalue weighted by Crippen LogP contribution is -1.90. The van der Waals surface area contributed by atoms with Crippen LogP contribution in [-0.4, -0.2) is 7.11 Å². The van der Waals surface area contributed by atoms with Crippen molar-refractivity contribution in [1.29, 1.82) is 0 Å². The zero-order valence-corrected chi connectivity index (χ0v) is 8.40. The van der Waals surface area contributed by atoms with Crippen molar-refractivity contribution < 1.29 is 4.74 Å². The molecular weight excluding hydrogens is 172 g/mol. The van der Waals surface area contributed by atoms with E-state index in [-0.39, 0.29) is 0 Å². The number of hydrogen-bond acceptors (Lipinski definition) is 1. The molecule has 0 atom stereocenters. The molecule has 0 amide bonds. The molecule has 66 valence electrons. The predicted octanol–water partition coefficient (Wildman–Crippen LogP) is 3.22. The van der Waals surface area contributed by atoms with Gasteiger partial charge in [-0.3, -0.25) is 0 Å². The predicted molar refractivity (Wildman–Crippen MR) is 52.1 cm³/mol. The van der Waals surface area contributed by atoms with Crippen LogP contribution in [-0.2, 0) is 6.42 Å². The Hall–Kier alpha value is -0.690. The van der Waals surface area contributed by atoms with Crippen LogP contribution < -0.4 is 4.74 Å². The van der Waals surface area contributed by atoms with E-state index in [0.717, 1.165) is 22.8 Å². The lowest BCUT2D eigenvalue weighted by molar-refractivity contribution is 0.414. The molecule has 0 N–H and O–H groups in total. The van der Waals surface area contributed by atoms with Gasteiger partial charge in [0.15, 0.2) is 0 Å². The molecular formula is C10H13ClO.